The number of halogens is 1. The molecule has 174 valence electrons. The highest BCUT2D eigenvalue weighted by Crippen LogP contribution is 2.30. The molecular formula is C24H19ClN2O6S. The van der Waals surface area contributed by atoms with Crippen molar-refractivity contribution in [2.75, 3.05) is 10.7 Å². The molecule has 8 nitrogen and oxygen atoms in total. The molecule has 10 heteroatoms. The van der Waals surface area contributed by atoms with E-state index in [1.807, 2.05) is 30.3 Å². The summed E-state index contributed by atoms with van der Waals surface area (Å²) in [5, 5.41) is 12.2. The Bertz CT molecular complexity index is 1360. The molecule has 1 aliphatic heterocycles. The SMILES string of the molecule is O=C(c1ccc(Cl)c([N+](=O)[O-])c1)N(c1ccc(OCc2ccccc2)cc1)C1C=CS(=O)(=O)C1. The van der Waals surface area contributed by atoms with Crippen molar-refractivity contribution < 1.29 is 22.9 Å². The molecule has 0 saturated heterocycles. The van der Waals surface area contributed by atoms with E-state index in [0.717, 1.165) is 17.0 Å². The highest BCUT2D eigenvalue weighted by Gasteiger charge is 2.32. The van der Waals surface area contributed by atoms with Crippen molar-refractivity contribution in [2.45, 2.75) is 12.6 Å². The molecule has 1 heterocycles. The molecule has 0 fully saturated rings. The van der Waals surface area contributed by atoms with Crippen LogP contribution in [0.2, 0.25) is 5.02 Å². The smallest absolute Gasteiger partial charge is 0.288 e. The Morgan fingerprint density at radius 2 is 1.79 bits per heavy atom. The number of nitro benzene ring substituents is 1. The fraction of sp³-hybridized carbons (Fsp3) is 0.125. The van der Waals surface area contributed by atoms with Crippen molar-refractivity contribution in [3.8, 4) is 5.75 Å². The summed E-state index contributed by atoms with van der Waals surface area (Å²) >= 11 is 5.88. The Hall–Kier alpha value is -3.69. The van der Waals surface area contributed by atoms with E-state index in [2.05, 4.69) is 0 Å². The van der Waals surface area contributed by atoms with Crippen molar-refractivity contribution >= 4 is 38.7 Å². The molecule has 0 bridgehead atoms. The van der Waals surface area contributed by atoms with Crippen LogP contribution in [-0.2, 0) is 16.4 Å². The fourth-order valence-electron chi connectivity index (χ4n) is 3.55. The van der Waals surface area contributed by atoms with Gasteiger partial charge in [0.15, 0.2) is 9.84 Å². The predicted molar refractivity (Wildman–Crippen MR) is 129 cm³/mol. The topological polar surface area (TPSA) is 107 Å². The first-order valence-electron chi connectivity index (χ1n) is 10.2. The summed E-state index contributed by atoms with van der Waals surface area (Å²) in [6, 6.07) is 19.2. The van der Waals surface area contributed by atoms with Crippen molar-refractivity contribution in [3.63, 3.8) is 0 Å². The minimum atomic E-state index is -3.47. The number of nitrogens with zero attached hydrogens (tertiary/aromatic N) is 2. The zero-order valence-electron chi connectivity index (χ0n) is 17.7. The first-order valence-corrected chi connectivity index (χ1v) is 12.3. The van der Waals surface area contributed by atoms with Crippen molar-refractivity contribution in [2.24, 2.45) is 0 Å². The van der Waals surface area contributed by atoms with Crippen LogP contribution in [0.25, 0.3) is 0 Å². The van der Waals surface area contributed by atoms with Gasteiger partial charge in [-0.05, 0) is 48.0 Å². The summed E-state index contributed by atoms with van der Waals surface area (Å²) in [7, 11) is -3.47. The van der Waals surface area contributed by atoms with Gasteiger partial charge >= 0.3 is 0 Å². The monoisotopic (exact) mass is 498 g/mol. The average Bonchev–Trinajstić information content (AvgIpc) is 3.18. The first-order chi connectivity index (χ1) is 16.2. The molecule has 34 heavy (non-hydrogen) atoms. The summed E-state index contributed by atoms with van der Waals surface area (Å²) in [6.45, 7) is 0.362. The molecule has 0 aromatic heterocycles. The molecule has 0 spiro atoms. The molecule has 4 rings (SSSR count). The van der Waals surface area contributed by atoms with Gasteiger partial charge in [-0.2, -0.15) is 0 Å². The lowest BCUT2D eigenvalue weighted by molar-refractivity contribution is -0.384. The van der Waals surface area contributed by atoms with E-state index in [4.69, 9.17) is 16.3 Å². The van der Waals surface area contributed by atoms with Crippen LogP contribution in [-0.4, -0.2) is 31.0 Å². The maximum absolute atomic E-state index is 13.4. The quantitative estimate of drug-likeness (QED) is 0.342. The van der Waals surface area contributed by atoms with E-state index in [1.54, 1.807) is 24.3 Å². The number of anilines is 1. The molecule has 0 radical (unpaired) electrons. The second-order valence-corrected chi connectivity index (χ2v) is 9.93. The van der Waals surface area contributed by atoms with E-state index in [0.29, 0.717) is 18.0 Å². The number of amides is 1. The minimum absolute atomic E-state index is 0.0122. The number of carbonyl (C=O) groups excluding carboxylic acids is 1. The van der Waals surface area contributed by atoms with Crippen LogP contribution in [0.3, 0.4) is 0 Å². The van der Waals surface area contributed by atoms with Gasteiger partial charge in [-0.25, -0.2) is 8.42 Å². The van der Waals surface area contributed by atoms with Gasteiger partial charge in [0.25, 0.3) is 11.6 Å². The number of nitro groups is 1. The van der Waals surface area contributed by atoms with Crippen LogP contribution in [0.5, 0.6) is 5.75 Å². The number of benzene rings is 3. The minimum Gasteiger partial charge on any atom is -0.489 e. The van der Waals surface area contributed by atoms with Gasteiger partial charge in [-0.1, -0.05) is 41.9 Å². The maximum Gasteiger partial charge on any atom is 0.288 e. The lowest BCUT2D eigenvalue weighted by Gasteiger charge is -2.28. The fourth-order valence-corrected chi connectivity index (χ4v) is 5.00. The number of hydrogen-bond acceptors (Lipinski definition) is 6. The van der Waals surface area contributed by atoms with E-state index >= 15 is 0 Å². The van der Waals surface area contributed by atoms with Gasteiger partial charge in [-0.15, -0.1) is 0 Å². The lowest BCUT2D eigenvalue weighted by atomic mass is 10.1. The van der Waals surface area contributed by atoms with Crippen LogP contribution in [0, 0.1) is 10.1 Å². The van der Waals surface area contributed by atoms with Gasteiger partial charge in [0.1, 0.15) is 17.4 Å². The van der Waals surface area contributed by atoms with E-state index in [9.17, 15) is 23.3 Å². The third-order valence-electron chi connectivity index (χ3n) is 5.21. The van der Waals surface area contributed by atoms with Gasteiger partial charge < -0.3 is 9.64 Å². The van der Waals surface area contributed by atoms with Gasteiger partial charge in [0.2, 0.25) is 0 Å². The largest absolute Gasteiger partial charge is 0.489 e. The second kappa shape index (κ2) is 9.66. The number of sulfone groups is 1. The standard InChI is InChI=1S/C24H19ClN2O6S/c25-22-11-6-18(14-23(22)27(29)30)24(28)26(20-12-13-34(31,32)16-20)19-7-9-21(10-8-19)33-15-17-4-2-1-3-5-17/h1-14,20H,15-16H2. The number of carbonyl (C=O) groups is 1. The van der Waals surface area contributed by atoms with Crippen LogP contribution >= 0.6 is 11.6 Å². The molecule has 3 aromatic carbocycles. The van der Waals surface area contributed by atoms with E-state index < -0.39 is 32.4 Å². The third kappa shape index (κ3) is 5.27. The Balaban J connectivity index is 1.63. The Morgan fingerprint density at radius 3 is 2.41 bits per heavy atom. The van der Waals surface area contributed by atoms with Crippen LogP contribution in [0.15, 0.2) is 84.3 Å². The van der Waals surface area contributed by atoms with Gasteiger partial charge in [0.05, 0.1) is 16.7 Å². The first kappa shape index (κ1) is 23.5. The second-order valence-electron chi connectivity index (χ2n) is 7.59. The zero-order chi connectivity index (χ0) is 24.3. The highest BCUT2D eigenvalue weighted by atomic mass is 35.5. The number of rotatable bonds is 7. The normalized spacial score (nSPS) is 16.2. The van der Waals surface area contributed by atoms with Crippen molar-refractivity contribution in [1.82, 2.24) is 0 Å². The molecule has 3 aromatic rings. The molecular weight excluding hydrogens is 480 g/mol. The van der Waals surface area contributed by atoms with Crippen LogP contribution in [0.1, 0.15) is 15.9 Å². The summed E-state index contributed by atoms with van der Waals surface area (Å²) < 4.78 is 29.9. The molecule has 1 unspecified atom stereocenters. The summed E-state index contributed by atoms with van der Waals surface area (Å²) in [5.41, 5.74) is 1.01. The Morgan fingerprint density at radius 1 is 1.09 bits per heavy atom. The van der Waals surface area contributed by atoms with E-state index in [-0.39, 0.29) is 16.3 Å². The van der Waals surface area contributed by atoms with Gasteiger partial charge in [0, 0.05) is 22.7 Å². The third-order valence-corrected chi connectivity index (χ3v) is 6.91. The lowest BCUT2D eigenvalue weighted by Crippen LogP contribution is -2.41. The Labute approximate surface area is 201 Å². The molecule has 1 amide bonds. The number of ether oxygens (including phenoxy) is 1. The summed E-state index contributed by atoms with van der Waals surface area (Å²) in [6.07, 6.45) is 1.43. The molecule has 0 N–H and O–H groups in total. The zero-order valence-corrected chi connectivity index (χ0v) is 19.3. The molecule has 1 aliphatic rings. The summed E-state index contributed by atoms with van der Waals surface area (Å²) in [4.78, 5) is 25.3. The molecule has 0 aliphatic carbocycles. The Kier molecular flexibility index (Phi) is 6.67. The molecule has 0 saturated carbocycles. The average molecular weight is 499 g/mol. The van der Waals surface area contributed by atoms with Crippen molar-refractivity contribution in [3.05, 3.63) is 111 Å². The van der Waals surface area contributed by atoms with Gasteiger partial charge in [-0.3, -0.25) is 14.9 Å². The maximum atomic E-state index is 13.4. The predicted octanol–water partition coefficient (Wildman–Crippen LogP) is 4.78. The van der Waals surface area contributed by atoms with Crippen LogP contribution in [0.4, 0.5) is 11.4 Å². The van der Waals surface area contributed by atoms with Crippen LogP contribution < -0.4 is 9.64 Å². The van der Waals surface area contributed by atoms with Crippen molar-refractivity contribution in [1.29, 1.82) is 0 Å². The highest BCUT2D eigenvalue weighted by molar-refractivity contribution is 7.94. The molecule has 1 atom stereocenters. The number of hydrogen-bond donors (Lipinski definition) is 0. The van der Waals surface area contributed by atoms with E-state index in [1.165, 1.54) is 23.1 Å². The summed E-state index contributed by atoms with van der Waals surface area (Å²) in [5.74, 6) is -0.318.